The van der Waals surface area contributed by atoms with Gasteiger partial charge in [-0.2, -0.15) is 17.6 Å². The third-order valence-electron chi connectivity index (χ3n) is 4.24. The number of ether oxygens (including phenoxy) is 1. The van der Waals surface area contributed by atoms with Gasteiger partial charge in [-0.05, 0) is 23.8 Å². The number of hydrogen-bond donors (Lipinski definition) is 0. The van der Waals surface area contributed by atoms with Gasteiger partial charge in [-0.25, -0.2) is 14.2 Å². The Kier molecular flexibility index (Phi) is 6.14. The molecule has 0 saturated heterocycles. The summed E-state index contributed by atoms with van der Waals surface area (Å²) >= 11 is 0. The molecule has 0 aliphatic heterocycles. The third-order valence-corrected chi connectivity index (χ3v) is 4.24. The standard InChI is InChI=1S/C20H17F3N3O4/c1-29-19(28)30-24-9-5-10-25-13-16(18(27)26-11-3-2-8-17(25)26)14-6-4-7-15(12-14)20(21,22)23/h2-4,6-9,11-13H,5,10H2,1H3/q+1/b24-9-. The first-order valence-electron chi connectivity index (χ1n) is 8.79. The molecule has 0 spiro atoms. The summed E-state index contributed by atoms with van der Waals surface area (Å²) in [7, 11) is 1.15. The topological polar surface area (TPSA) is 74.0 Å². The highest BCUT2D eigenvalue weighted by atomic mass is 19.4. The SMILES string of the molecule is COC(=O)O/N=C\CCn1cc(-c2cccc(C(F)(F)F)c2)c(=O)[n+]2ccccc12. The maximum atomic E-state index is 13.1. The minimum atomic E-state index is -4.52. The smallest absolute Gasteiger partial charge is 0.436 e. The summed E-state index contributed by atoms with van der Waals surface area (Å²) in [6, 6.07) is 9.72. The molecule has 156 valence electrons. The van der Waals surface area contributed by atoms with Crippen molar-refractivity contribution in [2.24, 2.45) is 5.16 Å². The number of aryl methyl sites for hydroxylation is 1. The number of hydrogen-bond acceptors (Lipinski definition) is 5. The number of rotatable bonds is 5. The van der Waals surface area contributed by atoms with Gasteiger partial charge in [0.2, 0.25) is 0 Å². The number of pyridine rings is 1. The lowest BCUT2D eigenvalue weighted by Gasteiger charge is -2.09. The molecule has 3 rings (SSSR count). The average molecular weight is 420 g/mol. The van der Waals surface area contributed by atoms with E-state index in [1.54, 1.807) is 29.0 Å². The van der Waals surface area contributed by atoms with Gasteiger partial charge in [0.05, 0.1) is 25.4 Å². The van der Waals surface area contributed by atoms with Crippen LogP contribution in [0.25, 0.3) is 16.8 Å². The van der Waals surface area contributed by atoms with E-state index in [2.05, 4.69) is 14.7 Å². The van der Waals surface area contributed by atoms with Gasteiger partial charge in [-0.15, -0.1) is 0 Å². The summed E-state index contributed by atoms with van der Waals surface area (Å²) in [4.78, 5) is 28.2. The molecule has 0 unspecified atom stereocenters. The van der Waals surface area contributed by atoms with Crippen molar-refractivity contribution in [3.63, 3.8) is 0 Å². The van der Waals surface area contributed by atoms with Gasteiger partial charge in [0.25, 0.3) is 5.65 Å². The molecule has 30 heavy (non-hydrogen) atoms. The molecule has 1 aromatic carbocycles. The van der Waals surface area contributed by atoms with Crippen molar-refractivity contribution in [1.82, 2.24) is 4.57 Å². The van der Waals surface area contributed by atoms with Crippen molar-refractivity contribution in [2.75, 3.05) is 7.11 Å². The number of aromatic nitrogens is 2. The lowest BCUT2D eigenvalue weighted by molar-refractivity contribution is -0.531. The van der Waals surface area contributed by atoms with Crippen molar-refractivity contribution in [1.29, 1.82) is 0 Å². The molecule has 0 aliphatic rings. The first-order valence-corrected chi connectivity index (χ1v) is 8.79. The first-order chi connectivity index (χ1) is 14.3. The second kappa shape index (κ2) is 8.76. The van der Waals surface area contributed by atoms with E-state index >= 15 is 0 Å². The fourth-order valence-corrected chi connectivity index (χ4v) is 2.85. The molecule has 3 aromatic rings. The van der Waals surface area contributed by atoms with E-state index < -0.39 is 23.5 Å². The fraction of sp³-hybridized carbons (Fsp3) is 0.200. The van der Waals surface area contributed by atoms with Gasteiger partial charge in [-0.3, -0.25) is 4.84 Å². The van der Waals surface area contributed by atoms with Crippen LogP contribution >= 0.6 is 0 Å². The number of methoxy groups -OCH3 is 1. The van der Waals surface area contributed by atoms with Crippen molar-refractivity contribution in [3.05, 3.63) is 70.8 Å². The van der Waals surface area contributed by atoms with Crippen LogP contribution in [0, 0.1) is 0 Å². The van der Waals surface area contributed by atoms with Crippen molar-refractivity contribution in [3.8, 4) is 11.1 Å². The molecule has 0 aliphatic carbocycles. The normalized spacial score (nSPS) is 11.7. The summed E-state index contributed by atoms with van der Waals surface area (Å²) in [5, 5.41) is 3.47. The molecule has 0 radical (unpaired) electrons. The maximum Gasteiger partial charge on any atom is 0.534 e. The molecule has 0 atom stereocenters. The zero-order valence-corrected chi connectivity index (χ0v) is 15.8. The summed E-state index contributed by atoms with van der Waals surface area (Å²) in [6.07, 6.45) is -0.760. The molecule has 0 N–H and O–H groups in total. The number of alkyl halides is 3. The second-order valence-corrected chi connectivity index (χ2v) is 6.17. The van der Waals surface area contributed by atoms with Crippen molar-refractivity contribution in [2.45, 2.75) is 19.1 Å². The van der Waals surface area contributed by atoms with Crippen LogP contribution in [0.15, 0.2) is 64.8 Å². The van der Waals surface area contributed by atoms with Crippen LogP contribution in [0.4, 0.5) is 18.0 Å². The highest BCUT2D eigenvalue weighted by Gasteiger charge is 2.31. The summed E-state index contributed by atoms with van der Waals surface area (Å²) < 4.78 is 46.6. The first kappa shape index (κ1) is 21.0. The van der Waals surface area contributed by atoms with Gasteiger partial charge in [0, 0.05) is 18.7 Å². The van der Waals surface area contributed by atoms with Gasteiger partial charge in [0.1, 0.15) is 11.8 Å². The van der Waals surface area contributed by atoms with Crippen LogP contribution in [-0.2, 0) is 22.3 Å². The molecule has 0 bridgehead atoms. The Morgan fingerprint density at radius 2 is 2.03 bits per heavy atom. The minimum Gasteiger partial charge on any atom is -0.436 e. The molecule has 10 heteroatoms. The van der Waals surface area contributed by atoms with E-state index in [4.69, 9.17) is 0 Å². The Bertz CT molecular complexity index is 1160. The van der Waals surface area contributed by atoms with Crippen LogP contribution in [0.3, 0.4) is 0 Å². The molecule has 2 heterocycles. The monoisotopic (exact) mass is 420 g/mol. The van der Waals surface area contributed by atoms with Gasteiger partial charge in [-0.1, -0.05) is 23.4 Å². The maximum absolute atomic E-state index is 13.1. The van der Waals surface area contributed by atoms with Crippen LogP contribution in [-0.4, -0.2) is 24.0 Å². The Hall–Kier alpha value is -3.69. The molecule has 0 fully saturated rings. The third kappa shape index (κ3) is 4.65. The quantitative estimate of drug-likeness (QED) is 0.208. The molecule has 0 amide bonds. The molecule has 0 saturated carbocycles. The van der Waals surface area contributed by atoms with E-state index in [0.29, 0.717) is 18.6 Å². The Morgan fingerprint density at radius 1 is 1.23 bits per heavy atom. The van der Waals surface area contributed by atoms with E-state index in [0.717, 1.165) is 19.2 Å². The van der Waals surface area contributed by atoms with Crippen LogP contribution in [0.5, 0.6) is 0 Å². The molecular weight excluding hydrogens is 403 g/mol. The van der Waals surface area contributed by atoms with Gasteiger partial charge < -0.3 is 4.74 Å². The highest BCUT2D eigenvalue weighted by Crippen LogP contribution is 2.31. The van der Waals surface area contributed by atoms with E-state index in [9.17, 15) is 22.8 Å². The number of nitrogens with zero attached hydrogens (tertiary/aromatic N) is 3. The summed E-state index contributed by atoms with van der Waals surface area (Å²) in [5.74, 6) is 0. The van der Waals surface area contributed by atoms with Gasteiger partial charge >= 0.3 is 17.9 Å². The number of fused-ring (bicyclic) bond motifs is 1. The van der Waals surface area contributed by atoms with E-state index in [1.165, 1.54) is 28.9 Å². The average Bonchev–Trinajstić information content (AvgIpc) is 2.74. The zero-order chi connectivity index (χ0) is 21.7. The van der Waals surface area contributed by atoms with Crippen molar-refractivity contribution < 1.29 is 31.9 Å². The van der Waals surface area contributed by atoms with Gasteiger partial charge in [0.15, 0.2) is 0 Å². The minimum absolute atomic E-state index is 0.118. The molecular formula is C20H17F3N3O4+. The molecule has 7 nitrogen and oxygen atoms in total. The lowest BCUT2D eigenvalue weighted by Crippen LogP contribution is -2.43. The van der Waals surface area contributed by atoms with Crippen LogP contribution in [0.2, 0.25) is 0 Å². The number of benzene rings is 1. The number of oxime groups is 1. The Labute approximate surface area is 168 Å². The predicted octanol–water partition coefficient (Wildman–Crippen LogP) is 3.43. The Balaban J connectivity index is 2.00. The largest absolute Gasteiger partial charge is 0.534 e. The number of halogens is 3. The zero-order valence-electron chi connectivity index (χ0n) is 15.8. The second-order valence-electron chi connectivity index (χ2n) is 6.17. The molecule has 2 aromatic heterocycles. The Morgan fingerprint density at radius 3 is 2.77 bits per heavy atom. The summed E-state index contributed by atoms with van der Waals surface area (Å²) in [5.41, 5.74) is -0.461. The highest BCUT2D eigenvalue weighted by molar-refractivity contribution is 5.64. The predicted molar refractivity (Wildman–Crippen MR) is 101 cm³/mol. The number of carbonyl (C=O) groups is 1. The summed E-state index contributed by atoms with van der Waals surface area (Å²) in [6.45, 7) is 0.327. The van der Waals surface area contributed by atoms with Crippen LogP contribution in [0.1, 0.15) is 12.0 Å². The van der Waals surface area contributed by atoms with E-state index in [-0.39, 0.29) is 11.1 Å². The van der Waals surface area contributed by atoms with Crippen molar-refractivity contribution >= 4 is 18.0 Å². The lowest BCUT2D eigenvalue weighted by atomic mass is 10.1. The van der Waals surface area contributed by atoms with E-state index in [1.807, 2.05) is 0 Å². The van der Waals surface area contributed by atoms with Crippen LogP contribution < -0.4 is 9.96 Å². The fourth-order valence-electron chi connectivity index (χ4n) is 2.85. The number of carbonyl (C=O) groups excluding carboxylic acids is 1.